The van der Waals surface area contributed by atoms with E-state index in [4.69, 9.17) is 4.98 Å². The first-order valence-corrected chi connectivity index (χ1v) is 13.2. The summed E-state index contributed by atoms with van der Waals surface area (Å²) in [7, 11) is -1.64. The van der Waals surface area contributed by atoms with Crippen LogP contribution < -0.4 is 9.80 Å². The standard InChI is InChI=1S/C24H30F2N4O3S/c1-4-34(32,33)19-7-5-6-17(14-19)20-8-9-21-23(27-20)30(16(2)24(31)28(21)3)18-10-12-29(13-11-18)15-22(25)26/h5-9,14,16,18,22H,4,10-13,15H2,1-3H3/t16-/m1/s1. The molecule has 3 heterocycles. The highest BCUT2D eigenvalue weighted by Gasteiger charge is 2.39. The molecule has 0 unspecified atom stereocenters. The highest BCUT2D eigenvalue weighted by Crippen LogP contribution is 2.39. The third-order valence-corrected chi connectivity index (χ3v) is 8.51. The lowest BCUT2D eigenvalue weighted by Gasteiger charge is -2.46. The smallest absolute Gasteiger partial charge is 0.251 e. The van der Waals surface area contributed by atoms with Crippen molar-refractivity contribution in [3.05, 3.63) is 36.4 Å². The number of carbonyl (C=O) groups excluding carboxylic acids is 1. The van der Waals surface area contributed by atoms with Gasteiger partial charge in [0.2, 0.25) is 5.91 Å². The number of carbonyl (C=O) groups is 1. The van der Waals surface area contributed by atoms with Crippen molar-refractivity contribution in [3.8, 4) is 11.3 Å². The maximum Gasteiger partial charge on any atom is 0.251 e. The molecule has 0 bridgehead atoms. The fraction of sp³-hybridized carbons (Fsp3) is 0.500. The summed E-state index contributed by atoms with van der Waals surface area (Å²) in [4.78, 5) is 23.5. The van der Waals surface area contributed by atoms with Crippen molar-refractivity contribution in [3.63, 3.8) is 0 Å². The Balaban J connectivity index is 1.70. The minimum absolute atomic E-state index is 0.00474. The number of halogens is 2. The van der Waals surface area contributed by atoms with Gasteiger partial charge in [0.1, 0.15) is 6.04 Å². The summed E-state index contributed by atoms with van der Waals surface area (Å²) in [5.74, 6) is 0.618. The summed E-state index contributed by atoms with van der Waals surface area (Å²) >= 11 is 0. The molecule has 1 fully saturated rings. The number of alkyl halides is 2. The Morgan fingerprint density at radius 1 is 1.15 bits per heavy atom. The summed E-state index contributed by atoms with van der Waals surface area (Å²) in [6, 6.07) is 9.90. The van der Waals surface area contributed by atoms with Crippen molar-refractivity contribution < 1.29 is 22.0 Å². The number of piperidine rings is 1. The molecule has 0 N–H and O–H groups in total. The van der Waals surface area contributed by atoms with Crippen LogP contribution in [0.1, 0.15) is 26.7 Å². The van der Waals surface area contributed by atoms with Gasteiger partial charge in [0.15, 0.2) is 15.7 Å². The highest BCUT2D eigenvalue weighted by molar-refractivity contribution is 7.91. The van der Waals surface area contributed by atoms with Crippen LogP contribution in [0.4, 0.5) is 20.3 Å². The number of hydrogen-bond donors (Lipinski definition) is 0. The lowest BCUT2D eigenvalue weighted by atomic mass is 9.98. The molecular formula is C24H30F2N4O3S. The number of sulfone groups is 1. The van der Waals surface area contributed by atoms with E-state index >= 15 is 0 Å². The van der Waals surface area contributed by atoms with Gasteiger partial charge in [-0.15, -0.1) is 0 Å². The molecule has 1 aromatic carbocycles. The first-order valence-electron chi connectivity index (χ1n) is 11.5. The molecule has 4 rings (SSSR count). The van der Waals surface area contributed by atoms with Gasteiger partial charge < -0.3 is 9.80 Å². The number of fused-ring (bicyclic) bond motifs is 1. The van der Waals surface area contributed by atoms with Crippen LogP contribution in [0.15, 0.2) is 41.3 Å². The van der Waals surface area contributed by atoms with Gasteiger partial charge in [-0.25, -0.2) is 22.2 Å². The van der Waals surface area contributed by atoms with Crippen LogP contribution in [-0.4, -0.2) is 75.2 Å². The fourth-order valence-corrected chi connectivity index (χ4v) is 5.76. The van der Waals surface area contributed by atoms with Crippen LogP contribution in [0, 0.1) is 0 Å². The third-order valence-electron chi connectivity index (χ3n) is 6.78. The summed E-state index contributed by atoms with van der Waals surface area (Å²) in [6.45, 7) is 4.29. The average Bonchev–Trinajstić information content (AvgIpc) is 2.83. The van der Waals surface area contributed by atoms with Gasteiger partial charge in [0.25, 0.3) is 6.43 Å². The summed E-state index contributed by atoms with van der Waals surface area (Å²) < 4.78 is 50.3. The molecule has 7 nitrogen and oxygen atoms in total. The number of benzene rings is 1. The van der Waals surface area contributed by atoms with E-state index in [9.17, 15) is 22.0 Å². The van der Waals surface area contributed by atoms with Gasteiger partial charge in [0, 0.05) is 31.7 Å². The van der Waals surface area contributed by atoms with Crippen LogP contribution in [-0.2, 0) is 14.6 Å². The maximum absolute atomic E-state index is 13.0. The normalized spacial score (nSPS) is 20.2. The molecule has 0 aliphatic carbocycles. The second-order valence-corrected chi connectivity index (χ2v) is 11.2. The summed E-state index contributed by atoms with van der Waals surface area (Å²) in [5, 5.41) is 0. The first-order chi connectivity index (χ1) is 16.1. The average molecular weight is 493 g/mol. The van der Waals surface area contributed by atoms with Crippen LogP contribution in [0.2, 0.25) is 0 Å². The number of aromatic nitrogens is 1. The molecule has 1 amide bonds. The van der Waals surface area contributed by atoms with Gasteiger partial charge in [-0.05, 0) is 44.0 Å². The van der Waals surface area contributed by atoms with E-state index in [1.165, 1.54) is 0 Å². The topological polar surface area (TPSA) is 73.8 Å². The lowest BCUT2D eigenvalue weighted by Crippen LogP contribution is -2.57. The van der Waals surface area contributed by atoms with Crippen molar-refractivity contribution in [2.24, 2.45) is 0 Å². The van der Waals surface area contributed by atoms with Crippen LogP contribution in [0.3, 0.4) is 0 Å². The number of pyridine rings is 1. The third kappa shape index (κ3) is 4.65. The Bertz CT molecular complexity index is 1170. The van der Waals surface area contributed by atoms with E-state index in [0.29, 0.717) is 48.7 Å². The molecule has 1 atom stereocenters. The monoisotopic (exact) mass is 492 g/mol. The molecule has 0 radical (unpaired) electrons. The predicted molar refractivity (Wildman–Crippen MR) is 128 cm³/mol. The van der Waals surface area contributed by atoms with Crippen molar-refractivity contribution in [1.29, 1.82) is 0 Å². The van der Waals surface area contributed by atoms with E-state index in [-0.39, 0.29) is 29.1 Å². The predicted octanol–water partition coefficient (Wildman–Crippen LogP) is 3.44. The number of likely N-dealkylation sites (tertiary alicyclic amines) is 1. The Morgan fingerprint density at radius 2 is 1.85 bits per heavy atom. The minimum atomic E-state index is -3.36. The minimum Gasteiger partial charge on any atom is -0.340 e. The molecule has 0 spiro atoms. The zero-order chi connectivity index (χ0) is 24.6. The largest absolute Gasteiger partial charge is 0.340 e. The molecule has 2 aliphatic rings. The Kier molecular flexibility index (Phi) is 6.91. The number of hydrogen-bond acceptors (Lipinski definition) is 6. The molecule has 1 saturated heterocycles. The molecule has 2 aliphatic heterocycles. The SMILES string of the molecule is CCS(=O)(=O)c1cccc(-c2ccc3c(n2)N(C2CCN(CC(F)F)CC2)[C@H](C)C(=O)N3C)c1. The van der Waals surface area contributed by atoms with Gasteiger partial charge >= 0.3 is 0 Å². The molecular weight excluding hydrogens is 462 g/mol. The van der Waals surface area contributed by atoms with Crippen molar-refractivity contribution in [1.82, 2.24) is 9.88 Å². The van der Waals surface area contributed by atoms with Crippen molar-refractivity contribution in [2.75, 3.05) is 42.2 Å². The van der Waals surface area contributed by atoms with Crippen LogP contribution >= 0.6 is 0 Å². The second-order valence-electron chi connectivity index (χ2n) is 8.87. The number of rotatable bonds is 6. The van der Waals surface area contributed by atoms with Crippen molar-refractivity contribution >= 4 is 27.2 Å². The molecule has 2 aromatic rings. The van der Waals surface area contributed by atoms with Gasteiger partial charge in [-0.2, -0.15) is 0 Å². The van der Waals surface area contributed by atoms with E-state index in [0.717, 1.165) is 0 Å². The number of anilines is 2. The number of likely N-dealkylation sites (N-methyl/N-ethyl adjacent to an activating group) is 1. The zero-order valence-electron chi connectivity index (χ0n) is 19.6. The lowest BCUT2D eigenvalue weighted by molar-refractivity contribution is -0.119. The molecule has 0 saturated carbocycles. The second kappa shape index (κ2) is 9.58. The van der Waals surface area contributed by atoms with Crippen LogP contribution in [0.5, 0.6) is 0 Å². The Hall–Kier alpha value is -2.59. The first kappa shape index (κ1) is 24.5. The van der Waals surface area contributed by atoms with E-state index in [1.807, 2.05) is 24.0 Å². The Labute approximate surface area is 199 Å². The van der Waals surface area contributed by atoms with Gasteiger partial charge in [-0.1, -0.05) is 19.1 Å². The van der Waals surface area contributed by atoms with Gasteiger partial charge in [0.05, 0.1) is 28.6 Å². The number of amides is 1. The summed E-state index contributed by atoms with van der Waals surface area (Å²) in [6.07, 6.45) is -1.05. The Morgan fingerprint density at radius 3 is 2.50 bits per heavy atom. The maximum atomic E-state index is 13.0. The molecule has 34 heavy (non-hydrogen) atoms. The number of nitrogens with zero attached hydrogens (tertiary/aromatic N) is 4. The zero-order valence-corrected chi connectivity index (χ0v) is 20.4. The quantitative estimate of drug-likeness (QED) is 0.615. The summed E-state index contributed by atoms with van der Waals surface area (Å²) in [5.41, 5.74) is 1.97. The van der Waals surface area contributed by atoms with Crippen molar-refractivity contribution in [2.45, 2.75) is 50.1 Å². The molecule has 10 heteroatoms. The van der Waals surface area contributed by atoms with Crippen LogP contribution in [0.25, 0.3) is 11.3 Å². The van der Waals surface area contributed by atoms with E-state index in [1.54, 1.807) is 48.0 Å². The van der Waals surface area contributed by atoms with E-state index < -0.39 is 22.3 Å². The highest BCUT2D eigenvalue weighted by atomic mass is 32.2. The molecule has 1 aromatic heterocycles. The fourth-order valence-electron chi connectivity index (χ4n) is 4.83. The van der Waals surface area contributed by atoms with Gasteiger partial charge in [-0.3, -0.25) is 9.69 Å². The molecule has 184 valence electrons. The van der Waals surface area contributed by atoms with E-state index in [2.05, 4.69) is 0 Å².